The van der Waals surface area contributed by atoms with Gasteiger partial charge in [0.1, 0.15) is 0 Å². The number of benzene rings is 2. The molecule has 4 rings (SSSR count). The zero-order chi connectivity index (χ0) is 21.1. The molecule has 1 saturated heterocycles. The Morgan fingerprint density at radius 1 is 1.10 bits per heavy atom. The third-order valence-electron chi connectivity index (χ3n) is 5.84. The van der Waals surface area contributed by atoms with Crippen molar-refractivity contribution in [2.75, 3.05) is 26.3 Å². The van der Waals surface area contributed by atoms with Crippen LogP contribution in [0.3, 0.4) is 0 Å². The predicted octanol–water partition coefficient (Wildman–Crippen LogP) is 3.63. The molecule has 30 heavy (non-hydrogen) atoms. The Morgan fingerprint density at radius 2 is 1.80 bits per heavy atom. The number of morpholine rings is 1. The highest BCUT2D eigenvalue weighted by atomic mass is 35.5. The summed E-state index contributed by atoms with van der Waals surface area (Å²) in [4.78, 5) is 13.2. The van der Waals surface area contributed by atoms with E-state index in [-0.39, 0.29) is 16.8 Å². The molecular formula is C22H25ClN2O4S. The summed E-state index contributed by atoms with van der Waals surface area (Å²) in [5, 5.41) is 3.77. The van der Waals surface area contributed by atoms with E-state index in [1.165, 1.54) is 16.4 Å². The quantitative estimate of drug-likeness (QED) is 0.732. The van der Waals surface area contributed by atoms with Gasteiger partial charge in [-0.3, -0.25) is 4.79 Å². The van der Waals surface area contributed by atoms with Gasteiger partial charge in [-0.15, -0.1) is 0 Å². The van der Waals surface area contributed by atoms with Gasteiger partial charge < -0.3 is 10.1 Å². The van der Waals surface area contributed by atoms with Gasteiger partial charge in [-0.05, 0) is 54.7 Å². The maximum absolute atomic E-state index is 13.0. The van der Waals surface area contributed by atoms with E-state index in [0.717, 1.165) is 24.8 Å². The van der Waals surface area contributed by atoms with E-state index in [4.69, 9.17) is 16.3 Å². The minimum absolute atomic E-state index is 0.122. The number of hydrogen-bond acceptors (Lipinski definition) is 4. The van der Waals surface area contributed by atoms with Crippen LogP contribution in [0.4, 0.5) is 0 Å². The number of halogens is 1. The number of carbonyl (C=O) groups is 1. The Bertz CT molecular complexity index is 1000. The van der Waals surface area contributed by atoms with Gasteiger partial charge >= 0.3 is 0 Å². The molecule has 1 aliphatic heterocycles. The molecule has 6 nitrogen and oxygen atoms in total. The summed E-state index contributed by atoms with van der Waals surface area (Å²) in [5.41, 5.74) is 1.34. The monoisotopic (exact) mass is 448 g/mol. The van der Waals surface area contributed by atoms with Crippen LogP contribution in [0.15, 0.2) is 53.4 Å². The minimum Gasteiger partial charge on any atom is -0.379 e. The van der Waals surface area contributed by atoms with E-state index in [2.05, 4.69) is 5.32 Å². The lowest BCUT2D eigenvalue weighted by atomic mass is 9.77. The summed E-state index contributed by atoms with van der Waals surface area (Å²) in [6.07, 6.45) is 3.26. The standard InChI is InChI=1S/C22H25ClN2O4S/c23-19-9-7-17(8-10-19)21(16-3-1-4-16)24-22(26)18-5-2-6-20(15-18)30(27,28)25-11-13-29-14-12-25/h2,5-10,15-16,21H,1,3-4,11-14H2,(H,24,26). The molecule has 1 aliphatic carbocycles. The van der Waals surface area contributed by atoms with Gasteiger partial charge in [-0.2, -0.15) is 4.31 Å². The smallest absolute Gasteiger partial charge is 0.251 e. The summed E-state index contributed by atoms with van der Waals surface area (Å²) >= 11 is 6.01. The summed E-state index contributed by atoms with van der Waals surface area (Å²) in [6, 6.07) is 13.6. The molecule has 2 aromatic rings. The van der Waals surface area contributed by atoms with Crippen LogP contribution in [0.25, 0.3) is 0 Å². The first-order valence-corrected chi connectivity index (χ1v) is 12.0. The topological polar surface area (TPSA) is 75.7 Å². The number of hydrogen-bond donors (Lipinski definition) is 1. The second-order valence-corrected chi connectivity index (χ2v) is 10.1. The second kappa shape index (κ2) is 9.06. The lowest BCUT2D eigenvalue weighted by Crippen LogP contribution is -2.40. The zero-order valence-electron chi connectivity index (χ0n) is 16.6. The Labute approximate surface area is 182 Å². The summed E-state index contributed by atoms with van der Waals surface area (Å²) in [7, 11) is -3.65. The van der Waals surface area contributed by atoms with E-state index in [0.29, 0.717) is 42.8 Å². The van der Waals surface area contributed by atoms with Gasteiger partial charge in [0.25, 0.3) is 5.91 Å². The number of ether oxygens (including phenoxy) is 1. The van der Waals surface area contributed by atoms with E-state index in [1.54, 1.807) is 12.1 Å². The molecule has 2 aliphatic rings. The molecule has 8 heteroatoms. The van der Waals surface area contributed by atoms with Gasteiger partial charge in [0.2, 0.25) is 10.0 Å². The van der Waals surface area contributed by atoms with E-state index in [9.17, 15) is 13.2 Å². The lowest BCUT2D eigenvalue weighted by Gasteiger charge is -2.34. The van der Waals surface area contributed by atoms with Crippen molar-refractivity contribution in [3.63, 3.8) is 0 Å². The normalized spacial score (nSPS) is 19.1. The van der Waals surface area contributed by atoms with Crippen LogP contribution in [0.5, 0.6) is 0 Å². The molecule has 0 bridgehead atoms. The average Bonchev–Trinajstić information content (AvgIpc) is 2.73. The van der Waals surface area contributed by atoms with Crippen LogP contribution < -0.4 is 5.32 Å². The Kier molecular flexibility index (Phi) is 6.43. The highest BCUT2D eigenvalue weighted by Crippen LogP contribution is 2.38. The van der Waals surface area contributed by atoms with Gasteiger partial charge in [0.15, 0.2) is 0 Å². The van der Waals surface area contributed by atoms with Gasteiger partial charge in [0.05, 0.1) is 24.2 Å². The number of amides is 1. The first kappa shape index (κ1) is 21.3. The predicted molar refractivity (Wildman–Crippen MR) is 115 cm³/mol. The molecule has 1 amide bonds. The van der Waals surface area contributed by atoms with Crippen molar-refractivity contribution < 1.29 is 17.9 Å². The number of nitrogens with one attached hydrogen (secondary N) is 1. The zero-order valence-corrected chi connectivity index (χ0v) is 18.2. The van der Waals surface area contributed by atoms with Crippen LogP contribution in [0.1, 0.15) is 41.2 Å². The molecule has 2 fully saturated rings. The number of nitrogens with zero attached hydrogens (tertiary/aromatic N) is 1. The molecule has 1 heterocycles. The van der Waals surface area contributed by atoms with E-state index in [1.807, 2.05) is 24.3 Å². The van der Waals surface area contributed by atoms with Crippen molar-refractivity contribution in [1.29, 1.82) is 0 Å². The molecule has 0 radical (unpaired) electrons. The Balaban J connectivity index is 1.55. The molecule has 1 unspecified atom stereocenters. The van der Waals surface area contributed by atoms with Gasteiger partial charge in [-0.1, -0.05) is 36.2 Å². The van der Waals surface area contributed by atoms with Crippen LogP contribution in [0, 0.1) is 5.92 Å². The van der Waals surface area contributed by atoms with E-state index >= 15 is 0 Å². The fraction of sp³-hybridized carbons (Fsp3) is 0.409. The van der Waals surface area contributed by atoms with Gasteiger partial charge in [0, 0.05) is 23.7 Å². The van der Waals surface area contributed by atoms with Crippen molar-refractivity contribution >= 4 is 27.5 Å². The van der Waals surface area contributed by atoms with Crippen molar-refractivity contribution in [1.82, 2.24) is 9.62 Å². The summed E-state index contributed by atoms with van der Waals surface area (Å²) in [5.74, 6) is 0.0938. The van der Waals surface area contributed by atoms with Crippen molar-refractivity contribution in [2.45, 2.75) is 30.2 Å². The largest absolute Gasteiger partial charge is 0.379 e. The molecule has 2 aromatic carbocycles. The number of rotatable bonds is 6. The molecule has 1 N–H and O–H groups in total. The number of carbonyl (C=O) groups excluding carboxylic acids is 1. The molecular weight excluding hydrogens is 424 g/mol. The van der Waals surface area contributed by atoms with Crippen molar-refractivity contribution in [3.8, 4) is 0 Å². The fourth-order valence-corrected chi connectivity index (χ4v) is 5.46. The highest BCUT2D eigenvalue weighted by Gasteiger charge is 2.31. The third-order valence-corrected chi connectivity index (χ3v) is 7.99. The molecule has 1 saturated carbocycles. The second-order valence-electron chi connectivity index (χ2n) is 7.74. The SMILES string of the molecule is O=C(NC(c1ccc(Cl)cc1)C1CCC1)c1cccc(S(=O)(=O)N2CCOCC2)c1. The van der Waals surface area contributed by atoms with Crippen LogP contribution in [-0.2, 0) is 14.8 Å². The maximum atomic E-state index is 13.0. The molecule has 0 aromatic heterocycles. The average molecular weight is 449 g/mol. The maximum Gasteiger partial charge on any atom is 0.251 e. The summed E-state index contributed by atoms with van der Waals surface area (Å²) < 4.78 is 32.5. The highest BCUT2D eigenvalue weighted by molar-refractivity contribution is 7.89. The first-order valence-electron chi connectivity index (χ1n) is 10.2. The van der Waals surface area contributed by atoms with Crippen molar-refractivity contribution in [2.24, 2.45) is 5.92 Å². The first-order chi connectivity index (χ1) is 14.4. The van der Waals surface area contributed by atoms with E-state index < -0.39 is 10.0 Å². The minimum atomic E-state index is -3.65. The lowest BCUT2D eigenvalue weighted by molar-refractivity contribution is 0.0730. The summed E-state index contributed by atoms with van der Waals surface area (Å²) in [6.45, 7) is 1.39. The molecule has 1 atom stereocenters. The number of sulfonamides is 1. The third kappa shape index (κ3) is 4.54. The van der Waals surface area contributed by atoms with Gasteiger partial charge in [-0.25, -0.2) is 8.42 Å². The van der Waals surface area contributed by atoms with Crippen molar-refractivity contribution in [3.05, 3.63) is 64.7 Å². The Hall–Kier alpha value is -1.93. The molecule has 0 spiro atoms. The van der Waals surface area contributed by atoms with Crippen LogP contribution in [0.2, 0.25) is 5.02 Å². The fourth-order valence-electron chi connectivity index (χ4n) is 3.88. The van der Waals surface area contributed by atoms with Crippen LogP contribution in [-0.4, -0.2) is 44.9 Å². The molecule has 160 valence electrons. The Morgan fingerprint density at radius 3 is 2.43 bits per heavy atom. The van der Waals surface area contributed by atoms with Crippen LogP contribution >= 0.6 is 11.6 Å².